The molecule has 20 heavy (non-hydrogen) atoms. The topological polar surface area (TPSA) is 49.3 Å². The standard InChI is InChI=1S/C16H23NO2.ClH/c18-16(19)15-11-7-6-8-13(15)12-17-14-9-4-2-1-3-5-10-14;/h6-8,11,14,17H,1-5,9-10,12H2,(H,18,19);1H. The molecule has 0 aliphatic heterocycles. The number of carboxylic acids is 1. The maximum Gasteiger partial charge on any atom is 0.336 e. The molecule has 1 aromatic carbocycles. The minimum atomic E-state index is -0.838. The van der Waals surface area contributed by atoms with Crippen molar-refractivity contribution in [3.05, 3.63) is 35.4 Å². The Bertz CT molecular complexity index is 415. The number of benzene rings is 1. The first-order valence-electron chi connectivity index (χ1n) is 7.32. The lowest BCUT2D eigenvalue weighted by molar-refractivity contribution is 0.0695. The highest BCUT2D eigenvalue weighted by atomic mass is 35.5. The van der Waals surface area contributed by atoms with Gasteiger partial charge in [0.25, 0.3) is 0 Å². The molecule has 0 bridgehead atoms. The zero-order chi connectivity index (χ0) is 13.5. The van der Waals surface area contributed by atoms with Crippen LogP contribution in [-0.2, 0) is 6.54 Å². The van der Waals surface area contributed by atoms with Crippen LogP contribution >= 0.6 is 12.4 Å². The Morgan fingerprint density at radius 2 is 1.70 bits per heavy atom. The fraction of sp³-hybridized carbons (Fsp3) is 0.562. The van der Waals surface area contributed by atoms with Crippen LogP contribution in [0.2, 0.25) is 0 Å². The van der Waals surface area contributed by atoms with E-state index in [0.29, 0.717) is 18.2 Å². The molecular weight excluding hydrogens is 274 g/mol. The van der Waals surface area contributed by atoms with Gasteiger partial charge >= 0.3 is 5.97 Å². The summed E-state index contributed by atoms with van der Waals surface area (Å²) in [6.07, 6.45) is 9.06. The summed E-state index contributed by atoms with van der Waals surface area (Å²) in [4.78, 5) is 11.1. The molecule has 3 nitrogen and oxygen atoms in total. The molecule has 2 rings (SSSR count). The molecule has 112 valence electrons. The van der Waals surface area contributed by atoms with E-state index in [2.05, 4.69) is 5.32 Å². The van der Waals surface area contributed by atoms with E-state index >= 15 is 0 Å². The van der Waals surface area contributed by atoms with E-state index in [9.17, 15) is 4.79 Å². The van der Waals surface area contributed by atoms with Crippen molar-refractivity contribution in [3.8, 4) is 0 Å². The highest BCUT2D eigenvalue weighted by Crippen LogP contribution is 2.18. The van der Waals surface area contributed by atoms with Gasteiger partial charge in [-0.15, -0.1) is 12.4 Å². The third-order valence-electron chi connectivity index (χ3n) is 3.93. The first-order valence-corrected chi connectivity index (χ1v) is 7.32. The predicted octanol–water partition coefficient (Wildman–Crippen LogP) is 4.01. The predicted molar refractivity (Wildman–Crippen MR) is 83.6 cm³/mol. The van der Waals surface area contributed by atoms with E-state index in [4.69, 9.17) is 5.11 Å². The molecule has 0 saturated heterocycles. The minimum Gasteiger partial charge on any atom is -0.478 e. The van der Waals surface area contributed by atoms with Crippen molar-refractivity contribution in [1.82, 2.24) is 5.32 Å². The summed E-state index contributed by atoms with van der Waals surface area (Å²) in [6.45, 7) is 0.660. The lowest BCUT2D eigenvalue weighted by atomic mass is 9.96. The van der Waals surface area contributed by atoms with E-state index in [0.717, 1.165) is 5.56 Å². The fourth-order valence-corrected chi connectivity index (χ4v) is 2.80. The smallest absolute Gasteiger partial charge is 0.336 e. The summed E-state index contributed by atoms with van der Waals surface area (Å²) >= 11 is 0. The van der Waals surface area contributed by atoms with Crippen LogP contribution in [0.15, 0.2) is 24.3 Å². The lowest BCUT2D eigenvalue weighted by Gasteiger charge is -2.21. The van der Waals surface area contributed by atoms with Crippen LogP contribution in [0.1, 0.15) is 60.9 Å². The van der Waals surface area contributed by atoms with Crippen LogP contribution in [0.4, 0.5) is 0 Å². The third kappa shape index (κ3) is 5.14. The van der Waals surface area contributed by atoms with Crippen LogP contribution in [0.3, 0.4) is 0 Å². The third-order valence-corrected chi connectivity index (χ3v) is 3.93. The van der Waals surface area contributed by atoms with Gasteiger partial charge in [-0.3, -0.25) is 0 Å². The fourth-order valence-electron chi connectivity index (χ4n) is 2.80. The number of rotatable bonds is 4. The van der Waals surface area contributed by atoms with Gasteiger partial charge in [0.1, 0.15) is 0 Å². The maximum atomic E-state index is 11.1. The Hall–Kier alpha value is -1.06. The molecule has 1 aliphatic carbocycles. The maximum absolute atomic E-state index is 11.1. The van der Waals surface area contributed by atoms with E-state index in [1.165, 1.54) is 44.9 Å². The summed E-state index contributed by atoms with van der Waals surface area (Å²) in [5, 5.41) is 12.7. The van der Waals surface area contributed by atoms with Crippen LogP contribution in [0.25, 0.3) is 0 Å². The number of aromatic carboxylic acids is 1. The van der Waals surface area contributed by atoms with Crippen molar-refractivity contribution in [2.24, 2.45) is 0 Å². The van der Waals surface area contributed by atoms with Gasteiger partial charge in [-0.2, -0.15) is 0 Å². The van der Waals surface area contributed by atoms with E-state index < -0.39 is 5.97 Å². The summed E-state index contributed by atoms with van der Waals surface area (Å²) in [5.41, 5.74) is 1.30. The first kappa shape index (κ1) is 17.0. The number of hydrogen-bond donors (Lipinski definition) is 2. The number of nitrogens with one attached hydrogen (secondary N) is 1. The van der Waals surface area contributed by atoms with Crippen LogP contribution < -0.4 is 5.32 Å². The Morgan fingerprint density at radius 1 is 1.10 bits per heavy atom. The van der Waals surface area contributed by atoms with Crippen LogP contribution in [0.5, 0.6) is 0 Å². The van der Waals surface area contributed by atoms with Gasteiger partial charge in [-0.1, -0.05) is 50.3 Å². The number of halogens is 1. The molecule has 4 heteroatoms. The summed E-state index contributed by atoms with van der Waals surface area (Å²) < 4.78 is 0. The molecule has 0 aromatic heterocycles. The molecule has 0 atom stereocenters. The molecule has 1 aliphatic rings. The Morgan fingerprint density at radius 3 is 2.35 bits per heavy atom. The van der Waals surface area contributed by atoms with Crippen molar-refractivity contribution in [3.63, 3.8) is 0 Å². The van der Waals surface area contributed by atoms with Crippen molar-refractivity contribution in [1.29, 1.82) is 0 Å². The summed E-state index contributed by atoms with van der Waals surface area (Å²) in [6, 6.07) is 7.81. The number of carbonyl (C=O) groups is 1. The Labute approximate surface area is 127 Å². The van der Waals surface area contributed by atoms with Gasteiger partial charge in [0.2, 0.25) is 0 Å². The molecule has 1 aromatic rings. The number of hydrogen-bond acceptors (Lipinski definition) is 2. The molecule has 0 heterocycles. The van der Waals surface area contributed by atoms with Crippen molar-refractivity contribution in [2.75, 3.05) is 0 Å². The summed E-state index contributed by atoms with van der Waals surface area (Å²) in [7, 11) is 0. The average molecular weight is 298 g/mol. The lowest BCUT2D eigenvalue weighted by Crippen LogP contribution is -2.29. The quantitative estimate of drug-likeness (QED) is 0.883. The summed E-state index contributed by atoms with van der Waals surface area (Å²) in [5.74, 6) is -0.838. The molecule has 0 radical (unpaired) electrons. The molecule has 0 unspecified atom stereocenters. The van der Waals surface area contributed by atoms with Gasteiger partial charge < -0.3 is 10.4 Å². The molecule has 0 spiro atoms. The largest absolute Gasteiger partial charge is 0.478 e. The molecule has 2 N–H and O–H groups in total. The van der Waals surface area contributed by atoms with E-state index in [1.54, 1.807) is 12.1 Å². The van der Waals surface area contributed by atoms with Crippen LogP contribution in [0, 0.1) is 0 Å². The molecule has 1 saturated carbocycles. The van der Waals surface area contributed by atoms with Crippen molar-refractivity contribution in [2.45, 2.75) is 57.5 Å². The molecule has 0 amide bonds. The zero-order valence-corrected chi connectivity index (χ0v) is 12.6. The molecule has 1 fully saturated rings. The Balaban J connectivity index is 0.00000200. The highest BCUT2D eigenvalue weighted by Gasteiger charge is 2.13. The van der Waals surface area contributed by atoms with E-state index in [1.807, 2.05) is 12.1 Å². The minimum absolute atomic E-state index is 0. The average Bonchev–Trinajstić information content (AvgIpc) is 2.37. The van der Waals surface area contributed by atoms with E-state index in [-0.39, 0.29) is 12.4 Å². The normalized spacial score (nSPS) is 16.8. The van der Waals surface area contributed by atoms with Crippen molar-refractivity contribution < 1.29 is 9.90 Å². The second-order valence-corrected chi connectivity index (χ2v) is 5.39. The van der Waals surface area contributed by atoms with Gasteiger partial charge in [0.15, 0.2) is 0 Å². The second kappa shape index (κ2) is 8.98. The monoisotopic (exact) mass is 297 g/mol. The molecular formula is C16H24ClNO2. The van der Waals surface area contributed by atoms with Crippen LogP contribution in [-0.4, -0.2) is 17.1 Å². The number of carboxylic acid groups (broad SMARTS) is 1. The first-order chi connectivity index (χ1) is 9.27. The highest BCUT2D eigenvalue weighted by molar-refractivity contribution is 5.89. The Kier molecular flexibility index (Phi) is 7.63. The second-order valence-electron chi connectivity index (χ2n) is 5.39. The van der Waals surface area contributed by atoms with Gasteiger partial charge in [-0.05, 0) is 24.5 Å². The zero-order valence-electron chi connectivity index (χ0n) is 11.8. The SMILES string of the molecule is Cl.O=C(O)c1ccccc1CNC1CCCCCCC1. The van der Waals surface area contributed by atoms with Gasteiger partial charge in [0, 0.05) is 12.6 Å². The van der Waals surface area contributed by atoms with Crippen molar-refractivity contribution >= 4 is 18.4 Å². The van der Waals surface area contributed by atoms with Gasteiger partial charge in [-0.25, -0.2) is 4.79 Å². The van der Waals surface area contributed by atoms with Gasteiger partial charge in [0.05, 0.1) is 5.56 Å².